The largest absolute Gasteiger partial charge is 0.468 e. The number of piperidine rings is 1. The van der Waals surface area contributed by atoms with Crippen LogP contribution in [0.25, 0.3) is 0 Å². The molecule has 3 heteroatoms. The van der Waals surface area contributed by atoms with Crippen molar-refractivity contribution < 1.29 is 4.42 Å². The maximum Gasteiger partial charge on any atom is 0.122 e. The summed E-state index contributed by atoms with van der Waals surface area (Å²) in [5, 5.41) is 3.19. The Labute approximate surface area is 111 Å². The van der Waals surface area contributed by atoms with E-state index in [9.17, 15) is 0 Å². The monoisotopic (exact) mass is 250 g/mol. The smallest absolute Gasteiger partial charge is 0.122 e. The lowest BCUT2D eigenvalue weighted by Gasteiger charge is -2.31. The van der Waals surface area contributed by atoms with Crippen molar-refractivity contribution in [1.29, 1.82) is 0 Å². The van der Waals surface area contributed by atoms with Crippen molar-refractivity contribution in [2.75, 3.05) is 20.1 Å². The molecule has 1 aromatic rings. The van der Waals surface area contributed by atoms with E-state index in [-0.39, 0.29) is 0 Å². The number of hydrogen-bond acceptors (Lipinski definition) is 3. The van der Waals surface area contributed by atoms with Crippen LogP contribution in [0, 0.1) is 5.92 Å². The van der Waals surface area contributed by atoms with Gasteiger partial charge in [0.15, 0.2) is 0 Å². The van der Waals surface area contributed by atoms with Crippen LogP contribution in [0.4, 0.5) is 0 Å². The van der Waals surface area contributed by atoms with Crippen LogP contribution in [0.1, 0.15) is 43.9 Å². The van der Waals surface area contributed by atoms with Crippen molar-refractivity contribution in [3.05, 3.63) is 23.7 Å². The average Bonchev–Trinajstić information content (AvgIpc) is 2.80. The Morgan fingerprint density at radius 1 is 1.39 bits per heavy atom. The second-order valence-electron chi connectivity index (χ2n) is 5.41. The minimum absolute atomic E-state index is 0.901. The lowest BCUT2D eigenvalue weighted by atomic mass is 9.92. The molecular formula is C15H26N2O. The molecule has 0 radical (unpaired) electrons. The first kappa shape index (κ1) is 13.6. The molecule has 1 fully saturated rings. The second kappa shape index (κ2) is 6.95. The first-order valence-electron chi connectivity index (χ1n) is 7.25. The second-order valence-corrected chi connectivity index (χ2v) is 5.41. The van der Waals surface area contributed by atoms with E-state index in [0.29, 0.717) is 0 Å². The number of likely N-dealkylation sites (tertiary alicyclic amines) is 1. The Morgan fingerprint density at radius 2 is 2.17 bits per heavy atom. The van der Waals surface area contributed by atoms with Gasteiger partial charge in [0.1, 0.15) is 5.76 Å². The molecule has 0 bridgehead atoms. The highest BCUT2D eigenvalue weighted by Gasteiger charge is 2.20. The topological polar surface area (TPSA) is 28.4 Å². The zero-order valence-corrected chi connectivity index (χ0v) is 11.7. The first-order chi connectivity index (χ1) is 8.83. The van der Waals surface area contributed by atoms with E-state index < -0.39 is 0 Å². The lowest BCUT2D eigenvalue weighted by Crippen LogP contribution is -2.33. The van der Waals surface area contributed by atoms with Gasteiger partial charge >= 0.3 is 0 Å². The molecule has 1 aromatic heterocycles. The van der Waals surface area contributed by atoms with Crippen molar-refractivity contribution in [3.63, 3.8) is 0 Å². The third-order valence-corrected chi connectivity index (χ3v) is 3.98. The fourth-order valence-electron chi connectivity index (χ4n) is 2.90. The van der Waals surface area contributed by atoms with Gasteiger partial charge in [0.25, 0.3) is 0 Å². The Hall–Kier alpha value is -0.800. The third-order valence-electron chi connectivity index (χ3n) is 3.98. The van der Waals surface area contributed by atoms with E-state index in [1.54, 1.807) is 0 Å². The van der Waals surface area contributed by atoms with Crippen LogP contribution >= 0.6 is 0 Å². The summed E-state index contributed by atoms with van der Waals surface area (Å²) in [4.78, 5) is 2.53. The molecule has 18 heavy (non-hydrogen) atoms. The zero-order valence-electron chi connectivity index (χ0n) is 11.7. The summed E-state index contributed by atoms with van der Waals surface area (Å²) in [7, 11) is 1.98. The summed E-state index contributed by atoms with van der Waals surface area (Å²) in [5.41, 5.74) is 1.30. The van der Waals surface area contributed by atoms with Crippen LogP contribution < -0.4 is 5.32 Å². The molecule has 0 aliphatic carbocycles. The van der Waals surface area contributed by atoms with Crippen molar-refractivity contribution in [2.45, 2.75) is 45.7 Å². The molecule has 2 rings (SSSR count). The van der Waals surface area contributed by atoms with E-state index in [1.807, 2.05) is 13.3 Å². The maximum atomic E-state index is 5.61. The van der Waals surface area contributed by atoms with Gasteiger partial charge in [-0.25, -0.2) is 0 Å². The fraction of sp³-hybridized carbons (Fsp3) is 0.733. The first-order valence-corrected chi connectivity index (χ1v) is 7.25. The predicted octanol–water partition coefficient (Wildman–Crippen LogP) is 3.01. The highest BCUT2D eigenvalue weighted by atomic mass is 16.3. The molecular weight excluding hydrogens is 224 g/mol. The van der Waals surface area contributed by atoms with Crippen LogP contribution in [-0.2, 0) is 13.1 Å². The Morgan fingerprint density at radius 3 is 2.83 bits per heavy atom. The number of hydrogen-bond donors (Lipinski definition) is 1. The highest BCUT2D eigenvalue weighted by Crippen LogP contribution is 2.23. The minimum Gasteiger partial charge on any atom is -0.468 e. The van der Waals surface area contributed by atoms with Gasteiger partial charge in [-0.05, 0) is 45.0 Å². The van der Waals surface area contributed by atoms with Crippen molar-refractivity contribution >= 4 is 0 Å². The molecule has 1 saturated heterocycles. The Balaban J connectivity index is 1.82. The molecule has 1 N–H and O–H groups in total. The van der Waals surface area contributed by atoms with Crippen LogP contribution in [-0.4, -0.2) is 25.0 Å². The quantitative estimate of drug-likeness (QED) is 0.841. The molecule has 102 valence electrons. The van der Waals surface area contributed by atoms with Gasteiger partial charge in [0.2, 0.25) is 0 Å². The van der Waals surface area contributed by atoms with Crippen molar-refractivity contribution in [1.82, 2.24) is 10.2 Å². The maximum absolute atomic E-state index is 5.61. The minimum atomic E-state index is 0.901. The van der Waals surface area contributed by atoms with Gasteiger partial charge in [-0.15, -0.1) is 0 Å². The molecule has 1 aliphatic rings. The fourth-order valence-corrected chi connectivity index (χ4v) is 2.90. The standard InChI is InChI=1S/C15H26N2O/c1-3-4-13-5-8-17(9-6-13)12-15-14(11-16-2)7-10-18-15/h7,10,13,16H,3-6,8-9,11-12H2,1-2H3. The van der Waals surface area contributed by atoms with Crippen molar-refractivity contribution in [3.8, 4) is 0 Å². The van der Waals surface area contributed by atoms with Gasteiger partial charge in [-0.2, -0.15) is 0 Å². The summed E-state index contributed by atoms with van der Waals surface area (Å²) in [5.74, 6) is 2.10. The summed E-state index contributed by atoms with van der Waals surface area (Å²) in [6, 6.07) is 2.08. The molecule has 0 atom stereocenters. The molecule has 3 nitrogen and oxygen atoms in total. The van der Waals surface area contributed by atoms with Gasteiger partial charge in [0.05, 0.1) is 12.8 Å². The normalized spacial score (nSPS) is 18.3. The number of nitrogens with zero attached hydrogens (tertiary/aromatic N) is 1. The van der Waals surface area contributed by atoms with Crippen LogP contribution in [0.15, 0.2) is 16.7 Å². The number of furan rings is 1. The van der Waals surface area contributed by atoms with Crippen LogP contribution in [0.3, 0.4) is 0 Å². The van der Waals surface area contributed by atoms with E-state index in [1.165, 1.54) is 44.3 Å². The summed E-state index contributed by atoms with van der Waals surface area (Å²) in [6.45, 7) is 6.62. The lowest BCUT2D eigenvalue weighted by molar-refractivity contribution is 0.161. The summed E-state index contributed by atoms with van der Waals surface area (Å²) >= 11 is 0. The SMILES string of the molecule is CCCC1CCN(Cc2occc2CNC)CC1. The van der Waals surface area contributed by atoms with E-state index >= 15 is 0 Å². The molecule has 0 saturated carbocycles. The number of rotatable bonds is 6. The Bertz CT molecular complexity index is 340. The third kappa shape index (κ3) is 3.59. The van der Waals surface area contributed by atoms with E-state index in [0.717, 1.165) is 24.8 Å². The van der Waals surface area contributed by atoms with Gasteiger partial charge in [-0.1, -0.05) is 19.8 Å². The van der Waals surface area contributed by atoms with E-state index in [2.05, 4.69) is 23.2 Å². The van der Waals surface area contributed by atoms with Crippen LogP contribution in [0.5, 0.6) is 0 Å². The molecule has 2 heterocycles. The summed E-state index contributed by atoms with van der Waals surface area (Å²) in [6.07, 6.45) is 7.26. The molecule has 0 spiro atoms. The van der Waals surface area contributed by atoms with Gasteiger partial charge in [0, 0.05) is 12.1 Å². The average molecular weight is 250 g/mol. The molecule has 0 aromatic carbocycles. The van der Waals surface area contributed by atoms with Crippen LogP contribution in [0.2, 0.25) is 0 Å². The molecule has 0 amide bonds. The van der Waals surface area contributed by atoms with Gasteiger partial charge in [-0.3, -0.25) is 4.90 Å². The van der Waals surface area contributed by atoms with E-state index in [4.69, 9.17) is 4.42 Å². The molecule has 1 aliphatic heterocycles. The zero-order chi connectivity index (χ0) is 12.8. The highest BCUT2D eigenvalue weighted by molar-refractivity contribution is 5.16. The van der Waals surface area contributed by atoms with Gasteiger partial charge < -0.3 is 9.73 Å². The predicted molar refractivity (Wildman–Crippen MR) is 74.4 cm³/mol. The van der Waals surface area contributed by atoms with Crippen molar-refractivity contribution in [2.24, 2.45) is 5.92 Å². The summed E-state index contributed by atoms with van der Waals surface area (Å²) < 4.78 is 5.61. The molecule has 0 unspecified atom stereocenters. The Kier molecular flexibility index (Phi) is 5.26. The number of nitrogens with one attached hydrogen (secondary N) is 1.